The van der Waals surface area contributed by atoms with Crippen molar-refractivity contribution in [2.24, 2.45) is 0 Å². The molecule has 1 atom stereocenters. The summed E-state index contributed by atoms with van der Waals surface area (Å²) in [4.78, 5) is 2.29. The van der Waals surface area contributed by atoms with Crippen LogP contribution in [0.4, 0.5) is 5.69 Å². The van der Waals surface area contributed by atoms with Crippen molar-refractivity contribution >= 4 is 16.6 Å². The van der Waals surface area contributed by atoms with Gasteiger partial charge in [-0.2, -0.15) is 10.2 Å². The Bertz CT molecular complexity index is 543. The molecule has 1 aromatic heterocycles. The maximum atomic E-state index is 4.18. The maximum Gasteiger partial charge on any atom is 0.0950 e. The van der Waals surface area contributed by atoms with E-state index in [9.17, 15) is 0 Å². The first-order valence-electron chi connectivity index (χ1n) is 6.99. The van der Waals surface area contributed by atoms with Crippen molar-refractivity contribution in [1.82, 2.24) is 15.5 Å². The molecule has 19 heavy (non-hydrogen) atoms. The Labute approximate surface area is 113 Å². The molecule has 4 nitrogen and oxygen atoms in total. The van der Waals surface area contributed by atoms with E-state index in [4.69, 9.17) is 0 Å². The summed E-state index contributed by atoms with van der Waals surface area (Å²) in [6.07, 6.45) is 5.77. The van der Waals surface area contributed by atoms with Gasteiger partial charge in [0.1, 0.15) is 0 Å². The van der Waals surface area contributed by atoms with Gasteiger partial charge in [-0.05, 0) is 25.5 Å². The summed E-state index contributed by atoms with van der Waals surface area (Å²) in [5.41, 5.74) is 2.13. The predicted octanol–water partition coefficient (Wildman–Crippen LogP) is 2.21. The maximum absolute atomic E-state index is 4.18. The van der Waals surface area contributed by atoms with E-state index in [-0.39, 0.29) is 0 Å². The van der Waals surface area contributed by atoms with Crippen LogP contribution in [0.1, 0.15) is 19.3 Å². The first kappa shape index (κ1) is 12.4. The molecule has 1 saturated heterocycles. The molecular formula is C15H20N4. The standard InChI is InChI=1S/C15H20N4/c1-19(11-12-6-4-5-9-16-12)15-10-17-18-14-8-3-2-7-13(14)15/h2-3,7-8,10,12,16H,4-6,9,11H2,1H3. The molecule has 0 radical (unpaired) electrons. The molecule has 0 bridgehead atoms. The number of piperidine rings is 1. The average Bonchev–Trinajstić information content (AvgIpc) is 2.47. The molecule has 0 spiro atoms. The van der Waals surface area contributed by atoms with Gasteiger partial charge in [-0.25, -0.2) is 0 Å². The van der Waals surface area contributed by atoms with Crippen LogP contribution in [-0.2, 0) is 0 Å². The van der Waals surface area contributed by atoms with E-state index in [1.807, 2.05) is 18.3 Å². The Morgan fingerprint density at radius 2 is 2.21 bits per heavy atom. The van der Waals surface area contributed by atoms with Crippen molar-refractivity contribution < 1.29 is 0 Å². The molecule has 100 valence electrons. The number of aromatic nitrogens is 2. The molecule has 2 aromatic rings. The number of nitrogens with zero attached hydrogens (tertiary/aromatic N) is 3. The topological polar surface area (TPSA) is 41.0 Å². The lowest BCUT2D eigenvalue weighted by molar-refractivity contribution is 0.403. The van der Waals surface area contributed by atoms with Crippen LogP contribution in [-0.4, -0.2) is 36.4 Å². The van der Waals surface area contributed by atoms with Crippen LogP contribution in [0.15, 0.2) is 30.5 Å². The zero-order valence-corrected chi connectivity index (χ0v) is 11.3. The van der Waals surface area contributed by atoms with Crippen molar-refractivity contribution in [1.29, 1.82) is 0 Å². The van der Waals surface area contributed by atoms with Gasteiger partial charge in [-0.15, -0.1) is 0 Å². The van der Waals surface area contributed by atoms with Gasteiger partial charge in [-0.1, -0.05) is 24.6 Å². The smallest absolute Gasteiger partial charge is 0.0950 e. The van der Waals surface area contributed by atoms with Crippen LogP contribution < -0.4 is 10.2 Å². The minimum absolute atomic E-state index is 0.589. The fourth-order valence-electron chi connectivity index (χ4n) is 2.81. The lowest BCUT2D eigenvalue weighted by atomic mass is 10.0. The summed E-state index contributed by atoms with van der Waals surface area (Å²) in [5, 5.41) is 13.1. The summed E-state index contributed by atoms with van der Waals surface area (Å²) in [6.45, 7) is 2.17. The van der Waals surface area contributed by atoms with Gasteiger partial charge in [0.15, 0.2) is 0 Å². The van der Waals surface area contributed by atoms with Gasteiger partial charge in [0, 0.05) is 25.0 Å². The van der Waals surface area contributed by atoms with Crippen LogP contribution in [0.25, 0.3) is 10.9 Å². The Kier molecular flexibility index (Phi) is 3.60. The molecule has 0 saturated carbocycles. The van der Waals surface area contributed by atoms with Crippen LogP contribution >= 0.6 is 0 Å². The number of nitrogens with one attached hydrogen (secondary N) is 1. The van der Waals surface area contributed by atoms with Crippen molar-refractivity contribution in [3.05, 3.63) is 30.5 Å². The first-order valence-corrected chi connectivity index (χ1v) is 6.99. The predicted molar refractivity (Wildman–Crippen MR) is 78.4 cm³/mol. The van der Waals surface area contributed by atoms with Gasteiger partial charge in [0.2, 0.25) is 0 Å². The largest absolute Gasteiger partial charge is 0.371 e. The molecule has 4 heteroatoms. The minimum atomic E-state index is 0.589. The zero-order chi connectivity index (χ0) is 13.1. The molecule has 1 fully saturated rings. The number of benzene rings is 1. The molecule has 2 heterocycles. The van der Waals surface area contributed by atoms with E-state index in [2.05, 4.69) is 39.6 Å². The van der Waals surface area contributed by atoms with Crippen molar-refractivity contribution in [3.8, 4) is 0 Å². The van der Waals surface area contributed by atoms with Crippen LogP contribution in [0.5, 0.6) is 0 Å². The summed E-state index contributed by atoms with van der Waals surface area (Å²) in [6, 6.07) is 8.78. The molecule has 1 aliphatic rings. The van der Waals surface area contributed by atoms with Gasteiger partial charge in [0.05, 0.1) is 17.4 Å². The van der Waals surface area contributed by atoms with Crippen molar-refractivity contribution in [2.45, 2.75) is 25.3 Å². The second-order valence-electron chi connectivity index (χ2n) is 5.27. The molecule has 1 aromatic carbocycles. The number of rotatable bonds is 3. The quantitative estimate of drug-likeness (QED) is 0.914. The highest BCUT2D eigenvalue weighted by Crippen LogP contribution is 2.23. The number of fused-ring (bicyclic) bond motifs is 1. The van der Waals surface area contributed by atoms with Gasteiger partial charge >= 0.3 is 0 Å². The molecule has 1 N–H and O–H groups in total. The highest BCUT2D eigenvalue weighted by molar-refractivity contribution is 5.90. The molecular weight excluding hydrogens is 236 g/mol. The fraction of sp³-hybridized carbons (Fsp3) is 0.467. The Morgan fingerprint density at radius 3 is 3.05 bits per heavy atom. The van der Waals surface area contributed by atoms with E-state index in [0.717, 1.165) is 24.3 Å². The highest BCUT2D eigenvalue weighted by atomic mass is 15.2. The average molecular weight is 256 g/mol. The zero-order valence-electron chi connectivity index (χ0n) is 11.3. The molecule has 0 amide bonds. The second-order valence-corrected chi connectivity index (χ2v) is 5.27. The number of hydrogen-bond acceptors (Lipinski definition) is 4. The Morgan fingerprint density at radius 1 is 1.32 bits per heavy atom. The summed E-state index contributed by atoms with van der Waals surface area (Å²) in [5.74, 6) is 0. The SMILES string of the molecule is CN(CC1CCCCN1)c1cnnc2ccccc12. The van der Waals surface area contributed by atoms with Crippen LogP contribution in [0.3, 0.4) is 0 Å². The second kappa shape index (κ2) is 5.53. The van der Waals surface area contributed by atoms with Gasteiger partial charge in [0.25, 0.3) is 0 Å². The van der Waals surface area contributed by atoms with Crippen molar-refractivity contribution in [3.63, 3.8) is 0 Å². The van der Waals surface area contributed by atoms with Gasteiger partial charge < -0.3 is 10.2 Å². The Hall–Kier alpha value is -1.68. The van der Waals surface area contributed by atoms with Crippen molar-refractivity contribution in [2.75, 3.05) is 25.0 Å². The van der Waals surface area contributed by atoms with E-state index in [1.165, 1.54) is 24.6 Å². The number of anilines is 1. The third-order valence-electron chi connectivity index (χ3n) is 3.84. The summed E-state index contributed by atoms with van der Waals surface area (Å²) in [7, 11) is 2.14. The third kappa shape index (κ3) is 2.68. The third-order valence-corrected chi connectivity index (χ3v) is 3.84. The van der Waals surface area contributed by atoms with Gasteiger partial charge in [-0.3, -0.25) is 0 Å². The van der Waals surface area contributed by atoms with Crippen LogP contribution in [0.2, 0.25) is 0 Å². The van der Waals surface area contributed by atoms with E-state index >= 15 is 0 Å². The van der Waals surface area contributed by atoms with E-state index in [0.29, 0.717) is 6.04 Å². The lowest BCUT2D eigenvalue weighted by Gasteiger charge is -2.29. The number of hydrogen-bond donors (Lipinski definition) is 1. The summed E-state index contributed by atoms with van der Waals surface area (Å²) >= 11 is 0. The minimum Gasteiger partial charge on any atom is -0.371 e. The first-order chi connectivity index (χ1) is 9.34. The molecule has 0 aliphatic carbocycles. The molecule has 1 unspecified atom stereocenters. The van der Waals surface area contributed by atoms with Crippen LogP contribution in [0, 0.1) is 0 Å². The molecule has 3 rings (SSSR count). The number of likely N-dealkylation sites (N-methyl/N-ethyl adjacent to an activating group) is 1. The summed E-state index contributed by atoms with van der Waals surface area (Å²) < 4.78 is 0. The highest BCUT2D eigenvalue weighted by Gasteiger charge is 2.16. The molecule has 1 aliphatic heterocycles. The normalized spacial score (nSPS) is 19.5. The van der Waals surface area contributed by atoms with E-state index < -0.39 is 0 Å². The van der Waals surface area contributed by atoms with E-state index in [1.54, 1.807) is 0 Å². The lowest BCUT2D eigenvalue weighted by Crippen LogP contribution is -2.42. The Balaban J connectivity index is 1.82. The monoisotopic (exact) mass is 256 g/mol. The fourth-order valence-corrected chi connectivity index (χ4v) is 2.81.